The number of aliphatic hydroxyl groups is 2. The standard InChI is InChI=1S/C11H14N4O3/c16-4-8-2-11(8,5-17)1-7-3-14-15-9(7)12-6-13-10(15)18/h3,6,8,16-17H,1-2,4-5H2,(H,12,13,18)/t8-,11-/m0/s1. The first-order valence-electron chi connectivity index (χ1n) is 5.82. The molecule has 3 rings (SSSR count). The Morgan fingerprint density at radius 2 is 2.39 bits per heavy atom. The summed E-state index contributed by atoms with van der Waals surface area (Å²) < 4.78 is 1.21. The molecule has 0 radical (unpaired) electrons. The van der Waals surface area contributed by atoms with Crippen molar-refractivity contribution >= 4 is 5.65 Å². The molecule has 0 aromatic carbocycles. The number of nitrogens with one attached hydrogen (secondary N) is 1. The van der Waals surface area contributed by atoms with Gasteiger partial charge in [0.2, 0.25) is 0 Å². The summed E-state index contributed by atoms with van der Waals surface area (Å²) in [6, 6.07) is 0. The van der Waals surface area contributed by atoms with E-state index in [0.717, 1.165) is 12.0 Å². The van der Waals surface area contributed by atoms with Crippen LogP contribution < -0.4 is 5.69 Å². The van der Waals surface area contributed by atoms with Crippen LogP contribution in [-0.4, -0.2) is 43.0 Å². The highest BCUT2D eigenvalue weighted by atomic mass is 16.3. The second-order valence-electron chi connectivity index (χ2n) is 4.89. The van der Waals surface area contributed by atoms with Crippen LogP contribution in [0.3, 0.4) is 0 Å². The lowest BCUT2D eigenvalue weighted by Crippen LogP contribution is -2.18. The number of rotatable bonds is 4. The molecule has 3 N–H and O–H groups in total. The van der Waals surface area contributed by atoms with Gasteiger partial charge in [0.1, 0.15) is 0 Å². The lowest BCUT2D eigenvalue weighted by molar-refractivity contribution is 0.172. The maximum absolute atomic E-state index is 11.5. The van der Waals surface area contributed by atoms with Crippen LogP contribution in [0.15, 0.2) is 17.3 Å². The number of fused-ring (bicyclic) bond motifs is 1. The summed E-state index contributed by atoms with van der Waals surface area (Å²) in [5, 5.41) is 22.6. The van der Waals surface area contributed by atoms with Crippen molar-refractivity contribution in [3.8, 4) is 0 Å². The zero-order chi connectivity index (χ0) is 12.8. The van der Waals surface area contributed by atoms with Gasteiger partial charge in [-0.2, -0.15) is 9.61 Å². The molecular formula is C11H14N4O3. The van der Waals surface area contributed by atoms with Crippen LogP contribution in [0.25, 0.3) is 5.65 Å². The summed E-state index contributed by atoms with van der Waals surface area (Å²) in [4.78, 5) is 18.0. The molecule has 1 fully saturated rings. The van der Waals surface area contributed by atoms with Crippen LogP contribution in [0.4, 0.5) is 0 Å². The molecule has 0 spiro atoms. The molecule has 2 aromatic rings. The predicted molar refractivity (Wildman–Crippen MR) is 62.0 cm³/mol. The molecule has 0 unspecified atom stereocenters. The Balaban J connectivity index is 1.97. The van der Waals surface area contributed by atoms with Gasteiger partial charge in [0.05, 0.1) is 12.5 Å². The third-order valence-corrected chi connectivity index (χ3v) is 3.82. The summed E-state index contributed by atoms with van der Waals surface area (Å²) in [6.07, 6.45) is 4.31. The number of hydrogen-bond donors (Lipinski definition) is 3. The largest absolute Gasteiger partial charge is 0.396 e. The maximum atomic E-state index is 11.5. The summed E-state index contributed by atoms with van der Waals surface area (Å²) in [5.41, 5.74) is 0.725. The van der Waals surface area contributed by atoms with E-state index in [0.29, 0.717) is 12.1 Å². The van der Waals surface area contributed by atoms with E-state index < -0.39 is 0 Å². The number of aromatic amines is 1. The third-order valence-electron chi connectivity index (χ3n) is 3.82. The van der Waals surface area contributed by atoms with Gasteiger partial charge in [-0.25, -0.2) is 9.78 Å². The topological polar surface area (TPSA) is 104 Å². The van der Waals surface area contributed by atoms with Gasteiger partial charge in [-0.3, -0.25) is 4.98 Å². The Morgan fingerprint density at radius 1 is 1.56 bits per heavy atom. The molecule has 0 saturated heterocycles. The Hall–Kier alpha value is -1.73. The number of H-pyrrole nitrogens is 1. The summed E-state index contributed by atoms with van der Waals surface area (Å²) in [6.45, 7) is 0.104. The second kappa shape index (κ2) is 3.89. The number of hydrogen-bond acceptors (Lipinski definition) is 5. The molecule has 1 saturated carbocycles. The molecule has 1 aliphatic carbocycles. The van der Waals surface area contributed by atoms with Crippen LogP contribution in [0.1, 0.15) is 12.0 Å². The lowest BCUT2D eigenvalue weighted by Gasteiger charge is -2.12. The zero-order valence-corrected chi connectivity index (χ0v) is 9.70. The fraction of sp³-hybridized carbons (Fsp3) is 0.545. The molecule has 0 aliphatic heterocycles. The zero-order valence-electron chi connectivity index (χ0n) is 9.70. The first kappa shape index (κ1) is 11.4. The van der Waals surface area contributed by atoms with E-state index in [1.54, 1.807) is 6.20 Å². The van der Waals surface area contributed by atoms with Crippen molar-refractivity contribution in [3.63, 3.8) is 0 Å². The van der Waals surface area contributed by atoms with E-state index >= 15 is 0 Å². The smallest absolute Gasteiger partial charge is 0.349 e. The molecular weight excluding hydrogens is 236 g/mol. The molecule has 1 aliphatic rings. The minimum atomic E-state index is -0.334. The van der Waals surface area contributed by atoms with E-state index in [-0.39, 0.29) is 30.2 Å². The summed E-state index contributed by atoms with van der Waals surface area (Å²) >= 11 is 0. The molecule has 18 heavy (non-hydrogen) atoms. The average Bonchev–Trinajstić information content (AvgIpc) is 2.94. The van der Waals surface area contributed by atoms with E-state index in [1.165, 1.54) is 10.8 Å². The monoisotopic (exact) mass is 250 g/mol. The van der Waals surface area contributed by atoms with E-state index in [9.17, 15) is 9.90 Å². The van der Waals surface area contributed by atoms with Gasteiger partial charge in [0, 0.05) is 24.2 Å². The predicted octanol–water partition coefficient (Wildman–Crippen LogP) is -1.05. The van der Waals surface area contributed by atoms with E-state index in [1.807, 2.05) is 0 Å². The molecule has 0 amide bonds. The van der Waals surface area contributed by atoms with Crippen molar-refractivity contribution in [2.24, 2.45) is 11.3 Å². The fourth-order valence-electron chi connectivity index (χ4n) is 2.53. The van der Waals surface area contributed by atoms with Crippen LogP contribution in [0, 0.1) is 11.3 Å². The van der Waals surface area contributed by atoms with E-state index in [2.05, 4.69) is 15.1 Å². The molecule has 96 valence electrons. The Labute approximate surface area is 102 Å². The van der Waals surface area contributed by atoms with Gasteiger partial charge >= 0.3 is 5.69 Å². The Morgan fingerprint density at radius 3 is 3.06 bits per heavy atom. The Bertz CT molecular complexity index is 634. The van der Waals surface area contributed by atoms with Crippen molar-refractivity contribution in [3.05, 3.63) is 28.6 Å². The molecule has 2 atom stereocenters. The third kappa shape index (κ3) is 1.55. The highest BCUT2D eigenvalue weighted by Crippen LogP contribution is 2.54. The highest BCUT2D eigenvalue weighted by molar-refractivity contribution is 5.46. The van der Waals surface area contributed by atoms with Crippen LogP contribution in [-0.2, 0) is 6.42 Å². The van der Waals surface area contributed by atoms with Gasteiger partial charge in [-0.1, -0.05) is 0 Å². The molecule has 2 heterocycles. The number of aromatic nitrogens is 4. The minimum Gasteiger partial charge on any atom is -0.396 e. The van der Waals surface area contributed by atoms with Crippen molar-refractivity contribution in [2.75, 3.05) is 13.2 Å². The lowest BCUT2D eigenvalue weighted by atomic mass is 9.96. The summed E-state index contributed by atoms with van der Waals surface area (Å²) in [7, 11) is 0. The van der Waals surface area contributed by atoms with Gasteiger partial charge < -0.3 is 10.2 Å². The van der Waals surface area contributed by atoms with Crippen LogP contribution in [0.5, 0.6) is 0 Å². The highest BCUT2D eigenvalue weighted by Gasteiger charge is 2.53. The number of nitrogens with zero attached hydrogens (tertiary/aromatic N) is 3. The maximum Gasteiger partial charge on any atom is 0.349 e. The quantitative estimate of drug-likeness (QED) is 0.642. The first-order valence-corrected chi connectivity index (χ1v) is 5.82. The van der Waals surface area contributed by atoms with Crippen molar-refractivity contribution < 1.29 is 10.2 Å². The molecule has 7 nitrogen and oxygen atoms in total. The van der Waals surface area contributed by atoms with Gasteiger partial charge in [-0.05, 0) is 18.8 Å². The first-order chi connectivity index (χ1) is 8.70. The van der Waals surface area contributed by atoms with Crippen molar-refractivity contribution in [1.82, 2.24) is 19.6 Å². The van der Waals surface area contributed by atoms with Crippen LogP contribution in [0.2, 0.25) is 0 Å². The molecule has 7 heteroatoms. The molecule has 2 aromatic heterocycles. The second-order valence-corrected chi connectivity index (χ2v) is 4.89. The normalized spacial score (nSPS) is 26.7. The average molecular weight is 250 g/mol. The van der Waals surface area contributed by atoms with Gasteiger partial charge in [0.15, 0.2) is 5.65 Å². The van der Waals surface area contributed by atoms with Crippen LogP contribution >= 0.6 is 0 Å². The van der Waals surface area contributed by atoms with Gasteiger partial charge in [0.25, 0.3) is 0 Å². The fourth-order valence-corrected chi connectivity index (χ4v) is 2.53. The molecule has 0 bridgehead atoms. The SMILES string of the molecule is O=c1[nH]cnc2c(C[C@@]3(CO)C[C@H]3CO)cnn12. The van der Waals surface area contributed by atoms with Gasteiger partial charge in [-0.15, -0.1) is 0 Å². The minimum absolute atomic E-state index is 0.0265. The van der Waals surface area contributed by atoms with E-state index in [4.69, 9.17) is 5.11 Å². The Kier molecular flexibility index (Phi) is 2.46. The summed E-state index contributed by atoms with van der Waals surface area (Å²) in [5.74, 6) is 0.124. The van der Waals surface area contributed by atoms with Crippen molar-refractivity contribution in [1.29, 1.82) is 0 Å². The number of aliphatic hydroxyl groups excluding tert-OH is 2. The van der Waals surface area contributed by atoms with Crippen molar-refractivity contribution in [2.45, 2.75) is 12.8 Å².